The lowest BCUT2D eigenvalue weighted by Crippen LogP contribution is -2.28. The fraction of sp³-hybridized carbons (Fsp3) is 0.333. The summed E-state index contributed by atoms with van der Waals surface area (Å²) in [6.07, 6.45) is 5.22. The van der Waals surface area contributed by atoms with Crippen molar-refractivity contribution in [1.82, 2.24) is 4.98 Å². The van der Waals surface area contributed by atoms with Crippen molar-refractivity contribution in [1.29, 1.82) is 0 Å². The Kier molecular flexibility index (Phi) is 6.40. The van der Waals surface area contributed by atoms with Crippen LogP contribution in [-0.2, 0) is 4.79 Å². The molecule has 1 aliphatic carbocycles. The van der Waals surface area contributed by atoms with Crippen LogP contribution in [0.1, 0.15) is 31.4 Å². The van der Waals surface area contributed by atoms with E-state index in [0.717, 1.165) is 31.4 Å². The molecule has 0 radical (unpaired) electrons. The molecule has 1 aromatic heterocycles. The molecule has 142 valence electrons. The predicted octanol–water partition coefficient (Wildman–Crippen LogP) is 5.83. The number of nitrogens with zero attached hydrogens (tertiary/aromatic N) is 1. The van der Waals surface area contributed by atoms with Crippen LogP contribution in [0.3, 0.4) is 0 Å². The fourth-order valence-electron chi connectivity index (χ4n) is 3.25. The zero-order chi connectivity index (χ0) is 19.4. The number of rotatable bonds is 5. The highest BCUT2D eigenvalue weighted by atomic mass is 35.5. The molecule has 1 N–H and O–H groups in total. The quantitative estimate of drug-likeness (QED) is 0.637. The molecule has 2 aromatic rings. The number of halogens is 2. The van der Waals surface area contributed by atoms with Gasteiger partial charge in [-0.15, -0.1) is 0 Å². The number of aromatic nitrogens is 1. The molecule has 0 atom stereocenters. The monoisotopic (exact) mass is 404 g/mol. The largest absolute Gasteiger partial charge is 0.489 e. The van der Waals surface area contributed by atoms with E-state index in [4.69, 9.17) is 27.9 Å². The summed E-state index contributed by atoms with van der Waals surface area (Å²) in [5.41, 5.74) is 2.08. The van der Waals surface area contributed by atoms with Crippen LogP contribution in [0, 0.1) is 12.8 Å². The van der Waals surface area contributed by atoms with E-state index in [1.165, 1.54) is 0 Å². The van der Waals surface area contributed by atoms with Crippen LogP contribution in [0.2, 0.25) is 10.0 Å². The van der Waals surface area contributed by atoms with Crippen LogP contribution in [0.4, 0.5) is 5.69 Å². The molecule has 1 aromatic carbocycles. The standard InChI is InChI=1S/C21H22Cl2N2O2/c1-13(21(26)25-17-7-5-16(22)6-8-17)15-3-9-18(10-4-15)27-19-11-12-24-14(2)20(19)23/h5-8,11-12,15,18H,1,3-4,9-10H2,2H3,(H,25,26). The number of carbonyl (C=O) groups excluding carboxylic acids is 1. The number of ether oxygens (including phenoxy) is 1. The lowest BCUT2D eigenvalue weighted by molar-refractivity contribution is -0.113. The molecule has 0 unspecified atom stereocenters. The minimum atomic E-state index is -0.144. The molecule has 0 saturated heterocycles. The maximum absolute atomic E-state index is 12.5. The molecular formula is C21H22Cl2N2O2. The minimum Gasteiger partial charge on any atom is -0.489 e. The first-order valence-electron chi connectivity index (χ1n) is 8.97. The number of nitrogens with one attached hydrogen (secondary N) is 1. The van der Waals surface area contributed by atoms with Crippen LogP contribution in [0.5, 0.6) is 5.75 Å². The second-order valence-electron chi connectivity index (χ2n) is 6.79. The second kappa shape index (κ2) is 8.77. The van der Waals surface area contributed by atoms with Crippen molar-refractivity contribution in [3.8, 4) is 5.75 Å². The summed E-state index contributed by atoms with van der Waals surface area (Å²) >= 11 is 12.1. The van der Waals surface area contributed by atoms with Gasteiger partial charge in [-0.3, -0.25) is 9.78 Å². The van der Waals surface area contributed by atoms with Gasteiger partial charge in [0.25, 0.3) is 5.91 Å². The molecular weight excluding hydrogens is 383 g/mol. The van der Waals surface area contributed by atoms with Crippen molar-refractivity contribution in [3.63, 3.8) is 0 Å². The van der Waals surface area contributed by atoms with Gasteiger partial charge >= 0.3 is 0 Å². The number of amides is 1. The van der Waals surface area contributed by atoms with Crippen LogP contribution in [0.25, 0.3) is 0 Å². The van der Waals surface area contributed by atoms with Gasteiger partial charge in [-0.25, -0.2) is 0 Å². The number of hydrogen-bond acceptors (Lipinski definition) is 3. The third-order valence-corrected chi connectivity index (χ3v) is 5.59. The zero-order valence-corrected chi connectivity index (χ0v) is 16.7. The Balaban J connectivity index is 1.52. The van der Waals surface area contributed by atoms with Crippen molar-refractivity contribution in [2.75, 3.05) is 5.32 Å². The highest BCUT2D eigenvalue weighted by Gasteiger charge is 2.27. The maximum Gasteiger partial charge on any atom is 0.251 e. The number of pyridine rings is 1. The summed E-state index contributed by atoms with van der Waals surface area (Å²) in [4.78, 5) is 16.6. The molecule has 1 saturated carbocycles. The predicted molar refractivity (Wildman–Crippen MR) is 110 cm³/mol. The lowest BCUT2D eigenvalue weighted by atomic mass is 9.82. The summed E-state index contributed by atoms with van der Waals surface area (Å²) in [5, 5.41) is 4.07. The Hall–Kier alpha value is -2.04. The van der Waals surface area contributed by atoms with Crippen LogP contribution < -0.4 is 10.1 Å². The Morgan fingerprint density at radius 1 is 1.15 bits per heavy atom. The fourth-order valence-corrected chi connectivity index (χ4v) is 3.54. The van der Waals surface area contributed by atoms with Gasteiger partial charge in [0.15, 0.2) is 0 Å². The summed E-state index contributed by atoms with van der Waals surface area (Å²) in [6, 6.07) is 8.83. The van der Waals surface area contributed by atoms with E-state index in [1.807, 2.05) is 6.92 Å². The Morgan fingerprint density at radius 2 is 1.81 bits per heavy atom. The van der Waals surface area contributed by atoms with Crippen molar-refractivity contribution < 1.29 is 9.53 Å². The second-order valence-corrected chi connectivity index (χ2v) is 7.60. The minimum absolute atomic E-state index is 0.0904. The smallest absolute Gasteiger partial charge is 0.251 e. The van der Waals surface area contributed by atoms with Gasteiger partial charge in [0.05, 0.1) is 11.8 Å². The first-order valence-corrected chi connectivity index (χ1v) is 9.73. The van der Waals surface area contributed by atoms with Crippen molar-refractivity contribution >= 4 is 34.8 Å². The Morgan fingerprint density at radius 3 is 2.48 bits per heavy atom. The molecule has 6 heteroatoms. The average Bonchev–Trinajstić information content (AvgIpc) is 2.67. The van der Waals surface area contributed by atoms with E-state index in [2.05, 4.69) is 16.9 Å². The van der Waals surface area contributed by atoms with Gasteiger partial charge < -0.3 is 10.1 Å². The summed E-state index contributed by atoms with van der Waals surface area (Å²) in [5.74, 6) is 0.688. The van der Waals surface area contributed by atoms with Crippen molar-refractivity contribution in [3.05, 3.63) is 64.4 Å². The number of carbonyl (C=O) groups is 1. The summed E-state index contributed by atoms with van der Waals surface area (Å²) in [6.45, 7) is 5.87. The first kappa shape index (κ1) is 19.7. The first-order chi connectivity index (χ1) is 12.9. The highest BCUT2D eigenvalue weighted by molar-refractivity contribution is 6.32. The molecule has 27 heavy (non-hydrogen) atoms. The molecule has 1 aliphatic rings. The van der Waals surface area contributed by atoms with Crippen LogP contribution >= 0.6 is 23.2 Å². The zero-order valence-electron chi connectivity index (χ0n) is 15.2. The van der Waals surface area contributed by atoms with Gasteiger partial charge in [0.2, 0.25) is 0 Å². The average molecular weight is 405 g/mol. The number of benzene rings is 1. The molecule has 3 rings (SSSR count). The van der Waals surface area contributed by atoms with Crippen LogP contribution in [0.15, 0.2) is 48.7 Å². The van der Waals surface area contributed by atoms with Crippen LogP contribution in [-0.4, -0.2) is 17.0 Å². The van der Waals surface area contributed by atoms with Gasteiger partial charge in [-0.2, -0.15) is 0 Å². The SMILES string of the molecule is C=C(C(=O)Nc1ccc(Cl)cc1)C1CCC(Oc2ccnc(C)c2Cl)CC1. The molecule has 1 amide bonds. The third-order valence-electron chi connectivity index (χ3n) is 4.88. The number of aryl methyl sites for hydroxylation is 1. The van der Waals surface area contributed by atoms with Gasteiger partial charge in [-0.05, 0) is 62.8 Å². The molecule has 4 nitrogen and oxygen atoms in total. The van der Waals surface area contributed by atoms with E-state index >= 15 is 0 Å². The van der Waals surface area contributed by atoms with E-state index in [-0.39, 0.29) is 17.9 Å². The summed E-state index contributed by atoms with van der Waals surface area (Å²) < 4.78 is 6.05. The molecule has 0 bridgehead atoms. The van der Waals surface area contributed by atoms with E-state index in [0.29, 0.717) is 27.1 Å². The molecule has 1 fully saturated rings. The topological polar surface area (TPSA) is 51.2 Å². The van der Waals surface area contributed by atoms with Gasteiger partial charge in [0.1, 0.15) is 10.8 Å². The van der Waals surface area contributed by atoms with E-state index in [9.17, 15) is 4.79 Å². The normalized spacial score (nSPS) is 19.4. The van der Waals surface area contributed by atoms with E-state index < -0.39 is 0 Å². The number of hydrogen-bond donors (Lipinski definition) is 1. The van der Waals surface area contributed by atoms with Gasteiger partial charge in [-0.1, -0.05) is 29.8 Å². The maximum atomic E-state index is 12.5. The van der Waals surface area contributed by atoms with E-state index in [1.54, 1.807) is 36.5 Å². The Labute approximate surface area is 169 Å². The Bertz CT molecular complexity index is 829. The highest BCUT2D eigenvalue weighted by Crippen LogP contribution is 2.34. The third kappa shape index (κ3) is 5.02. The number of anilines is 1. The molecule has 0 spiro atoms. The van der Waals surface area contributed by atoms with Crippen molar-refractivity contribution in [2.45, 2.75) is 38.7 Å². The van der Waals surface area contributed by atoms with Gasteiger partial charge in [0, 0.05) is 28.5 Å². The van der Waals surface area contributed by atoms with Crippen molar-refractivity contribution in [2.24, 2.45) is 5.92 Å². The molecule has 0 aliphatic heterocycles. The summed E-state index contributed by atoms with van der Waals surface area (Å²) in [7, 11) is 0. The lowest BCUT2D eigenvalue weighted by Gasteiger charge is -2.30. The molecule has 1 heterocycles.